The summed E-state index contributed by atoms with van der Waals surface area (Å²) in [6.07, 6.45) is -0.332. The normalized spacial score (nSPS) is 15.7. The zero-order chi connectivity index (χ0) is 18.4. The van der Waals surface area contributed by atoms with Crippen molar-refractivity contribution >= 4 is 27.7 Å². The van der Waals surface area contributed by atoms with Gasteiger partial charge < -0.3 is 15.0 Å². The number of primary sulfonamides is 1. The van der Waals surface area contributed by atoms with Crippen LogP contribution in [0.4, 0.5) is 10.5 Å². The number of anilines is 1. The molecule has 138 valence electrons. The third-order valence-corrected chi connectivity index (χ3v) is 4.66. The molecular formula is C15H22N4O5S. The number of carbonyl (C=O) groups is 2. The number of hydrogen-bond donors (Lipinski definition) is 2. The second-order valence-electron chi connectivity index (χ2n) is 5.58. The predicted molar refractivity (Wildman–Crippen MR) is 91.5 cm³/mol. The Balaban J connectivity index is 1.80. The lowest BCUT2D eigenvalue weighted by atomic mass is 10.3. The van der Waals surface area contributed by atoms with Gasteiger partial charge in [-0.05, 0) is 31.2 Å². The maximum absolute atomic E-state index is 12.1. The second kappa shape index (κ2) is 8.28. The number of amides is 2. The Labute approximate surface area is 146 Å². The van der Waals surface area contributed by atoms with Gasteiger partial charge in [0.1, 0.15) is 0 Å². The summed E-state index contributed by atoms with van der Waals surface area (Å²) in [6, 6.07) is 5.64. The van der Waals surface area contributed by atoms with Gasteiger partial charge in [0.15, 0.2) is 0 Å². The maximum atomic E-state index is 12.1. The quantitative estimate of drug-likeness (QED) is 0.755. The fourth-order valence-corrected chi connectivity index (χ4v) is 2.95. The van der Waals surface area contributed by atoms with Gasteiger partial charge in [-0.15, -0.1) is 0 Å². The molecule has 2 rings (SSSR count). The first-order valence-electron chi connectivity index (χ1n) is 7.86. The van der Waals surface area contributed by atoms with E-state index in [9.17, 15) is 18.0 Å². The van der Waals surface area contributed by atoms with Crippen molar-refractivity contribution in [2.45, 2.75) is 11.8 Å². The van der Waals surface area contributed by atoms with Gasteiger partial charge >= 0.3 is 6.09 Å². The molecule has 0 saturated carbocycles. The molecule has 1 heterocycles. The number of piperazine rings is 1. The highest BCUT2D eigenvalue weighted by atomic mass is 32.2. The van der Waals surface area contributed by atoms with Crippen LogP contribution in [0.25, 0.3) is 0 Å². The van der Waals surface area contributed by atoms with Crippen molar-refractivity contribution in [3.63, 3.8) is 0 Å². The molecule has 1 aromatic rings. The minimum Gasteiger partial charge on any atom is -0.450 e. The zero-order valence-electron chi connectivity index (χ0n) is 14.0. The summed E-state index contributed by atoms with van der Waals surface area (Å²) in [5.74, 6) is -0.215. The topological polar surface area (TPSA) is 122 Å². The molecule has 1 aliphatic rings. The minimum absolute atomic E-state index is 0.0133. The van der Waals surface area contributed by atoms with E-state index in [2.05, 4.69) is 5.32 Å². The monoisotopic (exact) mass is 370 g/mol. The Morgan fingerprint density at radius 3 is 2.28 bits per heavy atom. The highest BCUT2D eigenvalue weighted by Crippen LogP contribution is 2.13. The average molecular weight is 370 g/mol. The van der Waals surface area contributed by atoms with Gasteiger partial charge in [-0.3, -0.25) is 9.69 Å². The van der Waals surface area contributed by atoms with Crippen LogP contribution in [0.5, 0.6) is 0 Å². The predicted octanol–water partition coefficient (Wildman–Crippen LogP) is 0.0466. The third kappa shape index (κ3) is 5.69. The van der Waals surface area contributed by atoms with Gasteiger partial charge in [0.2, 0.25) is 15.9 Å². The van der Waals surface area contributed by atoms with E-state index in [1.807, 2.05) is 4.90 Å². The lowest BCUT2D eigenvalue weighted by Crippen LogP contribution is -2.50. The van der Waals surface area contributed by atoms with Crippen LogP contribution >= 0.6 is 0 Å². The minimum atomic E-state index is -3.75. The summed E-state index contributed by atoms with van der Waals surface area (Å²) < 4.78 is 27.3. The molecule has 0 aliphatic carbocycles. The number of rotatable bonds is 5. The van der Waals surface area contributed by atoms with Gasteiger partial charge in [-0.25, -0.2) is 18.4 Å². The standard InChI is InChI=1S/C15H22N4O5S/c1-2-24-15(21)19-9-7-18(8-10-19)11-14(20)17-12-3-5-13(6-4-12)25(16,22)23/h3-6H,2,7-11H2,1H3,(H,17,20)(H2,16,22,23). The summed E-state index contributed by atoms with van der Waals surface area (Å²) >= 11 is 0. The molecule has 1 fully saturated rings. The molecule has 0 unspecified atom stereocenters. The van der Waals surface area contributed by atoms with E-state index in [-0.39, 0.29) is 23.4 Å². The Bertz CT molecular complexity index is 712. The molecule has 1 aromatic carbocycles. The summed E-state index contributed by atoms with van der Waals surface area (Å²) in [6.45, 7) is 4.46. The molecule has 1 aliphatic heterocycles. The van der Waals surface area contributed by atoms with E-state index < -0.39 is 10.0 Å². The van der Waals surface area contributed by atoms with E-state index in [1.165, 1.54) is 24.3 Å². The smallest absolute Gasteiger partial charge is 0.409 e. The van der Waals surface area contributed by atoms with Gasteiger partial charge in [-0.2, -0.15) is 0 Å². The summed E-state index contributed by atoms with van der Waals surface area (Å²) in [4.78, 5) is 27.2. The SMILES string of the molecule is CCOC(=O)N1CCN(CC(=O)Nc2ccc(S(N)(=O)=O)cc2)CC1. The number of sulfonamides is 1. The number of nitrogens with zero attached hydrogens (tertiary/aromatic N) is 2. The van der Waals surface area contributed by atoms with Gasteiger partial charge in [-0.1, -0.05) is 0 Å². The molecular weight excluding hydrogens is 348 g/mol. The number of nitrogens with one attached hydrogen (secondary N) is 1. The van der Waals surface area contributed by atoms with Crippen molar-refractivity contribution in [1.82, 2.24) is 9.80 Å². The van der Waals surface area contributed by atoms with E-state index in [0.717, 1.165) is 0 Å². The number of benzene rings is 1. The Kier molecular flexibility index (Phi) is 6.34. The molecule has 0 aromatic heterocycles. The van der Waals surface area contributed by atoms with Crippen LogP contribution in [0, 0.1) is 0 Å². The Morgan fingerprint density at radius 1 is 1.16 bits per heavy atom. The molecule has 0 bridgehead atoms. The number of carbonyl (C=O) groups excluding carboxylic acids is 2. The van der Waals surface area contributed by atoms with Gasteiger partial charge in [0.05, 0.1) is 18.0 Å². The van der Waals surface area contributed by atoms with Crippen molar-refractivity contribution < 1.29 is 22.7 Å². The van der Waals surface area contributed by atoms with E-state index >= 15 is 0 Å². The largest absolute Gasteiger partial charge is 0.450 e. The molecule has 3 N–H and O–H groups in total. The Hall–Kier alpha value is -2.17. The van der Waals surface area contributed by atoms with Gasteiger partial charge in [0, 0.05) is 31.9 Å². The van der Waals surface area contributed by atoms with Crippen LogP contribution in [-0.2, 0) is 19.6 Å². The zero-order valence-corrected chi connectivity index (χ0v) is 14.8. The molecule has 0 radical (unpaired) electrons. The lowest BCUT2D eigenvalue weighted by molar-refractivity contribution is -0.117. The fraction of sp³-hybridized carbons (Fsp3) is 0.467. The van der Waals surface area contributed by atoms with Crippen LogP contribution < -0.4 is 10.5 Å². The van der Waals surface area contributed by atoms with Crippen molar-refractivity contribution in [2.24, 2.45) is 5.14 Å². The molecule has 25 heavy (non-hydrogen) atoms. The van der Waals surface area contributed by atoms with Crippen LogP contribution in [0.15, 0.2) is 29.2 Å². The lowest BCUT2D eigenvalue weighted by Gasteiger charge is -2.33. The van der Waals surface area contributed by atoms with E-state index in [0.29, 0.717) is 38.5 Å². The molecule has 0 spiro atoms. The Morgan fingerprint density at radius 2 is 1.76 bits per heavy atom. The van der Waals surface area contributed by atoms with Crippen molar-refractivity contribution in [3.8, 4) is 0 Å². The van der Waals surface area contributed by atoms with Crippen LogP contribution in [0.2, 0.25) is 0 Å². The number of nitrogens with two attached hydrogens (primary N) is 1. The number of hydrogen-bond acceptors (Lipinski definition) is 6. The molecule has 0 atom stereocenters. The van der Waals surface area contributed by atoms with Crippen molar-refractivity contribution in [3.05, 3.63) is 24.3 Å². The molecule has 1 saturated heterocycles. The molecule has 9 nitrogen and oxygen atoms in total. The summed E-state index contributed by atoms with van der Waals surface area (Å²) in [5.41, 5.74) is 0.488. The van der Waals surface area contributed by atoms with E-state index in [4.69, 9.17) is 9.88 Å². The van der Waals surface area contributed by atoms with Crippen molar-refractivity contribution in [1.29, 1.82) is 0 Å². The fourth-order valence-electron chi connectivity index (χ4n) is 2.43. The average Bonchev–Trinajstić information content (AvgIpc) is 2.55. The maximum Gasteiger partial charge on any atom is 0.409 e. The molecule has 2 amide bonds. The van der Waals surface area contributed by atoms with Crippen LogP contribution in [-0.4, -0.2) is 69.5 Å². The van der Waals surface area contributed by atoms with Crippen molar-refractivity contribution in [2.75, 3.05) is 44.6 Å². The number of ether oxygens (including phenoxy) is 1. The molecule has 10 heteroatoms. The highest BCUT2D eigenvalue weighted by Gasteiger charge is 2.23. The first kappa shape index (κ1) is 19.2. The third-order valence-electron chi connectivity index (χ3n) is 3.73. The van der Waals surface area contributed by atoms with E-state index in [1.54, 1.807) is 11.8 Å². The second-order valence-corrected chi connectivity index (χ2v) is 7.14. The van der Waals surface area contributed by atoms with Crippen LogP contribution in [0.3, 0.4) is 0 Å². The first-order chi connectivity index (χ1) is 11.8. The first-order valence-corrected chi connectivity index (χ1v) is 9.41. The summed E-state index contributed by atoms with van der Waals surface area (Å²) in [7, 11) is -3.75. The highest BCUT2D eigenvalue weighted by molar-refractivity contribution is 7.89. The van der Waals surface area contributed by atoms with Gasteiger partial charge in [0.25, 0.3) is 0 Å². The van der Waals surface area contributed by atoms with Crippen LogP contribution in [0.1, 0.15) is 6.92 Å². The summed E-state index contributed by atoms with van der Waals surface area (Å²) in [5, 5.41) is 7.73.